The number of nitriles is 1. The van der Waals surface area contributed by atoms with Gasteiger partial charge in [0, 0.05) is 0 Å². The smallest absolute Gasteiger partial charge is 0.109 e. The second kappa shape index (κ2) is 1.96. The van der Waals surface area contributed by atoms with Gasteiger partial charge in [-0.15, -0.1) is 0 Å². The zero-order valence-corrected chi connectivity index (χ0v) is 6.14. The van der Waals surface area contributed by atoms with E-state index < -0.39 is 0 Å². The van der Waals surface area contributed by atoms with Crippen LogP contribution in [0.4, 0.5) is 0 Å². The minimum atomic E-state index is -0.0139. The Morgan fingerprint density at radius 1 is 1.20 bits per heavy atom. The first-order valence-corrected chi connectivity index (χ1v) is 4.04. The van der Waals surface area contributed by atoms with Crippen LogP contribution in [-0.2, 0) is 0 Å². The van der Waals surface area contributed by atoms with Gasteiger partial charge >= 0.3 is 0 Å². The van der Waals surface area contributed by atoms with Crippen LogP contribution < -0.4 is 0 Å². The lowest BCUT2D eigenvalue weighted by molar-refractivity contribution is 0.258. The summed E-state index contributed by atoms with van der Waals surface area (Å²) in [5, 5.41) is 8.94. The molecule has 2 rings (SSSR count). The Balaban J connectivity index is 2.25. The van der Waals surface area contributed by atoms with E-state index in [1.54, 1.807) is 0 Å². The van der Waals surface area contributed by atoms with E-state index in [2.05, 4.69) is 11.0 Å². The normalized spacial score (nSPS) is 29.9. The second-order valence-electron chi connectivity index (χ2n) is 3.34. The highest BCUT2D eigenvalue weighted by Crippen LogP contribution is 2.37. The maximum absolute atomic E-state index is 8.94. The Hall–Kier alpha value is -0.550. The zero-order chi connectivity index (χ0) is 7.03. The fraction of sp³-hybridized carbons (Fsp3) is 0.875. The van der Waals surface area contributed by atoms with Gasteiger partial charge < -0.3 is 0 Å². The summed E-state index contributed by atoms with van der Waals surface area (Å²) in [5.74, 6) is 0. The largest absolute Gasteiger partial charge is 0.286 e. The van der Waals surface area contributed by atoms with Crippen LogP contribution in [0.2, 0.25) is 0 Å². The molecule has 0 radical (unpaired) electrons. The van der Waals surface area contributed by atoms with E-state index in [0.717, 1.165) is 25.9 Å². The van der Waals surface area contributed by atoms with Crippen LogP contribution >= 0.6 is 0 Å². The molecular formula is C8H12N2. The average molecular weight is 136 g/mol. The molecule has 0 aromatic carbocycles. The molecule has 0 N–H and O–H groups in total. The minimum Gasteiger partial charge on any atom is -0.286 e. The van der Waals surface area contributed by atoms with E-state index in [1.165, 1.54) is 12.8 Å². The predicted octanol–water partition coefficient (Wildman–Crippen LogP) is 1.14. The fourth-order valence-corrected chi connectivity index (χ4v) is 2.29. The van der Waals surface area contributed by atoms with Gasteiger partial charge in [0.15, 0.2) is 0 Å². The molecule has 2 aliphatic rings. The number of fused-ring (bicyclic) bond motifs is 1. The molecule has 2 nitrogen and oxygen atoms in total. The Morgan fingerprint density at radius 3 is 2.20 bits per heavy atom. The topological polar surface area (TPSA) is 27.0 Å². The van der Waals surface area contributed by atoms with Gasteiger partial charge in [0.05, 0.1) is 6.07 Å². The van der Waals surface area contributed by atoms with E-state index in [1.807, 2.05) is 0 Å². The van der Waals surface area contributed by atoms with E-state index >= 15 is 0 Å². The third-order valence-electron chi connectivity index (χ3n) is 2.85. The van der Waals surface area contributed by atoms with E-state index in [9.17, 15) is 0 Å². The molecule has 10 heavy (non-hydrogen) atoms. The van der Waals surface area contributed by atoms with Gasteiger partial charge in [-0.1, -0.05) is 0 Å². The maximum atomic E-state index is 8.94. The van der Waals surface area contributed by atoms with Gasteiger partial charge in [0.2, 0.25) is 0 Å². The Kier molecular flexibility index (Phi) is 1.21. The van der Waals surface area contributed by atoms with Gasteiger partial charge in [-0.25, -0.2) is 0 Å². The zero-order valence-electron chi connectivity index (χ0n) is 6.14. The first-order chi connectivity index (χ1) is 4.87. The summed E-state index contributed by atoms with van der Waals surface area (Å²) in [4.78, 5) is 2.35. The van der Waals surface area contributed by atoms with Crippen molar-refractivity contribution in [2.24, 2.45) is 0 Å². The third kappa shape index (κ3) is 0.615. The summed E-state index contributed by atoms with van der Waals surface area (Å²) in [6, 6.07) is 2.47. The van der Waals surface area contributed by atoms with Gasteiger partial charge in [-0.05, 0) is 38.8 Å². The van der Waals surface area contributed by atoms with Gasteiger partial charge in [0.25, 0.3) is 0 Å². The Morgan fingerprint density at radius 2 is 1.80 bits per heavy atom. The summed E-state index contributed by atoms with van der Waals surface area (Å²) in [6.45, 7) is 2.32. The standard InChI is InChI=1S/C8H12N2/c9-7-8-3-1-5-10(8)6-2-4-8/h1-6H2. The van der Waals surface area contributed by atoms with Crippen molar-refractivity contribution < 1.29 is 0 Å². The van der Waals surface area contributed by atoms with E-state index in [0.29, 0.717) is 0 Å². The molecule has 0 spiro atoms. The molecule has 0 amide bonds. The van der Waals surface area contributed by atoms with Gasteiger partial charge in [-0.3, -0.25) is 4.90 Å². The maximum Gasteiger partial charge on any atom is 0.109 e. The number of rotatable bonds is 0. The minimum absolute atomic E-state index is 0.0139. The molecule has 0 aromatic rings. The molecule has 2 heteroatoms. The van der Waals surface area contributed by atoms with Crippen molar-refractivity contribution in [3.63, 3.8) is 0 Å². The van der Waals surface area contributed by atoms with Crippen molar-refractivity contribution in [3.8, 4) is 6.07 Å². The van der Waals surface area contributed by atoms with Crippen molar-refractivity contribution >= 4 is 0 Å². The lowest BCUT2D eigenvalue weighted by Gasteiger charge is -2.22. The second-order valence-corrected chi connectivity index (χ2v) is 3.34. The summed E-state index contributed by atoms with van der Waals surface area (Å²) >= 11 is 0. The van der Waals surface area contributed by atoms with E-state index in [-0.39, 0.29) is 5.54 Å². The first kappa shape index (κ1) is 6.18. The fourth-order valence-electron chi connectivity index (χ4n) is 2.29. The third-order valence-corrected chi connectivity index (χ3v) is 2.85. The molecule has 0 bridgehead atoms. The molecule has 2 heterocycles. The van der Waals surface area contributed by atoms with Crippen LogP contribution in [-0.4, -0.2) is 23.5 Å². The predicted molar refractivity (Wildman–Crippen MR) is 38.4 cm³/mol. The molecule has 0 unspecified atom stereocenters. The monoisotopic (exact) mass is 136 g/mol. The molecule has 0 atom stereocenters. The Bertz CT molecular complexity index is 170. The van der Waals surface area contributed by atoms with Crippen LogP contribution in [0.3, 0.4) is 0 Å². The summed E-state index contributed by atoms with van der Waals surface area (Å²) in [7, 11) is 0. The van der Waals surface area contributed by atoms with Crippen molar-refractivity contribution in [1.29, 1.82) is 5.26 Å². The van der Waals surface area contributed by atoms with Crippen molar-refractivity contribution in [3.05, 3.63) is 0 Å². The lowest BCUT2D eigenvalue weighted by Crippen LogP contribution is -2.36. The highest BCUT2D eigenvalue weighted by atomic mass is 15.2. The molecule has 2 fully saturated rings. The first-order valence-electron chi connectivity index (χ1n) is 4.04. The molecule has 0 aliphatic carbocycles. The van der Waals surface area contributed by atoms with Crippen LogP contribution in [0.5, 0.6) is 0 Å². The number of hydrogen-bond acceptors (Lipinski definition) is 2. The molecule has 0 saturated carbocycles. The average Bonchev–Trinajstić information content (AvgIpc) is 2.42. The highest BCUT2D eigenvalue weighted by Gasteiger charge is 2.44. The van der Waals surface area contributed by atoms with E-state index in [4.69, 9.17) is 5.26 Å². The molecule has 2 saturated heterocycles. The van der Waals surface area contributed by atoms with Crippen LogP contribution in [0.15, 0.2) is 0 Å². The Labute approximate surface area is 61.4 Å². The number of nitrogens with zero attached hydrogens (tertiary/aromatic N) is 2. The molecular weight excluding hydrogens is 124 g/mol. The van der Waals surface area contributed by atoms with Crippen LogP contribution in [0.25, 0.3) is 0 Å². The number of hydrogen-bond donors (Lipinski definition) is 0. The van der Waals surface area contributed by atoms with Crippen LogP contribution in [0.1, 0.15) is 25.7 Å². The SMILES string of the molecule is N#CC12CCCN1CCC2. The highest BCUT2D eigenvalue weighted by molar-refractivity contribution is 5.14. The van der Waals surface area contributed by atoms with Crippen molar-refractivity contribution in [2.75, 3.05) is 13.1 Å². The van der Waals surface area contributed by atoms with Crippen LogP contribution in [0, 0.1) is 11.3 Å². The molecule has 54 valence electrons. The summed E-state index contributed by atoms with van der Waals surface area (Å²) < 4.78 is 0. The quantitative estimate of drug-likeness (QED) is 0.499. The molecule has 0 aromatic heterocycles. The van der Waals surface area contributed by atoms with Gasteiger partial charge in [0.1, 0.15) is 5.54 Å². The van der Waals surface area contributed by atoms with Gasteiger partial charge in [-0.2, -0.15) is 5.26 Å². The summed E-state index contributed by atoms with van der Waals surface area (Å²) in [6.07, 6.45) is 4.69. The van der Waals surface area contributed by atoms with Crippen molar-refractivity contribution in [1.82, 2.24) is 4.90 Å². The van der Waals surface area contributed by atoms with Crippen molar-refractivity contribution in [2.45, 2.75) is 31.2 Å². The molecule has 2 aliphatic heterocycles. The lowest BCUT2D eigenvalue weighted by atomic mass is 9.96. The summed E-state index contributed by atoms with van der Waals surface area (Å²) in [5.41, 5.74) is -0.0139.